The van der Waals surface area contributed by atoms with Crippen LogP contribution in [0.5, 0.6) is 11.5 Å². The molecule has 0 amide bonds. The van der Waals surface area contributed by atoms with E-state index in [0.717, 1.165) is 28.5 Å². The number of aryl methyl sites for hydroxylation is 1. The summed E-state index contributed by atoms with van der Waals surface area (Å²) in [5, 5.41) is 3.33. The average Bonchev–Trinajstić information content (AvgIpc) is 2.85. The van der Waals surface area contributed by atoms with Gasteiger partial charge in [0.25, 0.3) is 0 Å². The van der Waals surface area contributed by atoms with Crippen molar-refractivity contribution in [3.8, 4) is 11.5 Å². The first-order chi connectivity index (χ1) is 9.74. The van der Waals surface area contributed by atoms with Gasteiger partial charge < -0.3 is 19.2 Å². The Morgan fingerprint density at radius 3 is 2.45 bits per heavy atom. The summed E-state index contributed by atoms with van der Waals surface area (Å²) in [5.74, 6) is 2.47. The molecular weight excluding hydrogens is 254 g/mol. The van der Waals surface area contributed by atoms with Gasteiger partial charge in [-0.3, -0.25) is 0 Å². The fourth-order valence-electron chi connectivity index (χ4n) is 1.93. The van der Waals surface area contributed by atoms with Crippen LogP contribution in [-0.2, 0) is 6.54 Å². The van der Waals surface area contributed by atoms with Crippen molar-refractivity contribution in [1.82, 2.24) is 0 Å². The van der Waals surface area contributed by atoms with Crippen molar-refractivity contribution in [2.24, 2.45) is 0 Å². The Kier molecular flexibility index (Phi) is 4.93. The molecule has 0 spiro atoms. The molecule has 108 valence electrons. The van der Waals surface area contributed by atoms with Gasteiger partial charge in [0.05, 0.1) is 26.0 Å². The van der Waals surface area contributed by atoms with Crippen molar-refractivity contribution >= 4 is 5.69 Å². The molecule has 1 N–H and O–H groups in total. The first kappa shape index (κ1) is 14.3. The maximum atomic E-state index is 5.60. The van der Waals surface area contributed by atoms with Gasteiger partial charge in [-0.2, -0.15) is 0 Å². The maximum absolute atomic E-state index is 5.60. The van der Waals surface area contributed by atoms with Gasteiger partial charge in [-0.05, 0) is 44.5 Å². The molecule has 0 atom stereocenters. The molecular formula is C16H21NO3. The number of anilines is 1. The monoisotopic (exact) mass is 275 g/mol. The fourth-order valence-corrected chi connectivity index (χ4v) is 1.93. The van der Waals surface area contributed by atoms with E-state index in [9.17, 15) is 0 Å². The van der Waals surface area contributed by atoms with Crippen LogP contribution in [0, 0.1) is 6.92 Å². The van der Waals surface area contributed by atoms with E-state index < -0.39 is 0 Å². The number of hydrogen-bond donors (Lipinski definition) is 1. The molecule has 0 saturated heterocycles. The Labute approximate surface area is 119 Å². The van der Waals surface area contributed by atoms with Crippen LogP contribution in [0.4, 0.5) is 5.69 Å². The molecule has 20 heavy (non-hydrogen) atoms. The highest BCUT2D eigenvalue weighted by molar-refractivity contribution is 5.55. The second-order valence-electron chi connectivity index (χ2n) is 4.41. The first-order valence-electron chi connectivity index (χ1n) is 6.91. The molecule has 2 rings (SSSR count). The predicted molar refractivity (Wildman–Crippen MR) is 79.6 cm³/mol. The van der Waals surface area contributed by atoms with Crippen LogP contribution in [0.1, 0.15) is 25.2 Å². The highest BCUT2D eigenvalue weighted by Gasteiger charge is 2.07. The molecule has 0 bridgehead atoms. The summed E-state index contributed by atoms with van der Waals surface area (Å²) in [6, 6.07) is 7.81. The minimum absolute atomic E-state index is 0.612. The van der Waals surface area contributed by atoms with Crippen molar-refractivity contribution in [2.75, 3.05) is 18.5 Å². The van der Waals surface area contributed by atoms with E-state index in [1.807, 2.05) is 45.0 Å². The number of nitrogens with one attached hydrogen (secondary N) is 1. The Balaban J connectivity index is 2.08. The van der Waals surface area contributed by atoms with Crippen LogP contribution in [0.2, 0.25) is 0 Å². The van der Waals surface area contributed by atoms with E-state index in [-0.39, 0.29) is 0 Å². The first-order valence-corrected chi connectivity index (χ1v) is 6.91. The summed E-state index contributed by atoms with van der Waals surface area (Å²) in [4.78, 5) is 0. The predicted octanol–water partition coefficient (Wildman–Crippen LogP) is 4.00. The Morgan fingerprint density at radius 2 is 1.80 bits per heavy atom. The van der Waals surface area contributed by atoms with Crippen LogP contribution in [-0.4, -0.2) is 13.2 Å². The quantitative estimate of drug-likeness (QED) is 0.829. The highest BCUT2D eigenvalue weighted by Crippen LogP contribution is 2.30. The average molecular weight is 275 g/mol. The Morgan fingerprint density at radius 1 is 1.05 bits per heavy atom. The van der Waals surface area contributed by atoms with Gasteiger partial charge >= 0.3 is 0 Å². The zero-order valence-corrected chi connectivity index (χ0v) is 12.2. The van der Waals surface area contributed by atoms with E-state index in [1.165, 1.54) is 0 Å². The molecule has 1 aromatic carbocycles. The fraction of sp³-hybridized carbons (Fsp3) is 0.375. The lowest BCUT2D eigenvalue weighted by atomic mass is 10.2. The van der Waals surface area contributed by atoms with E-state index in [1.54, 1.807) is 6.26 Å². The van der Waals surface area contributed by atoms with Crippen LogP contribution in [0.15, 0.2) is 34.9 Å². The number of ether oxygens (including phenoxy) is 2. The molecule has 1 aromatic heterocycles. The van der Waals surface area contributed by atoms with Gasteiger partial charge in [-0.1, -0.05) is 0 Å². The summed E-state index contributed by atoms with van der Waals surface area (Å²) in [6.07, 6.45) is 1.70. The van der Waals surface area contributed by atoms with Gasteiger partial charge in [-0.15, -0.1) is 0 Å². The van der Waals surface area contributed by atoms with Crippen molar-refractivity contribution < 1.29 is 13.9 Å². The van der Waals surface area contributed by atoms with Crippen molar-refractivity contribution in [1.29, 1.82) is 0 Å². The number of hydrogen-bond acceptors (Lipinski definition) is 4. The molecule has 0 fully saturated rings. The van der Waals surface area contributed by atoms with Crippen LogP contribution >= 0.6 is 0 Å². The number of rotatable bonds is 7. The third kappa shape index (κ3) is 3.47. The lowest BCUT2D eigenvalue weighted by Gasteiger charge is -2.13. The molecule has 1 heterocycles. The topological polar surface area (TPSA) is 43.6 Å². The second-order valence-corrected chi connectivity index (χ2v) is 4.41. The van der Waals surface area contributed by atoms with Gasteiger partial charge in [0, 0.05) is 11.8 Å². The van der Waals surface area contributed by atoms with Crippen LogP contribution < -0.4 is 14.8 Å². The molecule has 4 heteroatoms. The summed E-state index contributed by atoms with van der Waals surface area (Å²) in [5.41, 5.74) is 2.13. The molecule has 0 aliphatic rings. The van der Waals surface area contributed by atoms with Gasteiger partial charge in [0.15, 0.2) is 11.5 Å². The third-order valence-electron chi connectivity index (χ3n) is 2.96. The Bertz CT molecular complexity index is 548. The number of furan rings is 1. The minimum atomic E-state index is 0.612. The SMILES string of the molecule is CCOc1ccc(NCc2occc2C)cc1OCC. The summed E-state index contributed by atoms with van der Waals surface area (Å²) in [6.45, 7) is 7.84. The Hall–Kier alpha value is -2.10. The molecule has 0 aliphatic carbocycles. The van der Waals surface area contributed by atoms with E-state index in [0.29, 0.717) is 19.8 Å². The molecule has 0 aliphatic heterocycles. The lowest BCUT2D eigenvalue weighted by Crippen LogP contribution is -2.02. The largest absolute Gasteiger partial charge is 0.490 e. The van der Waals surface area contributed by atoms with Gasteiger partial charge in [0.2, 0.25) is 0 Å². The van der Waals surface area contributed by atoms with Gasteiger partial charge in [0.1, 0.15) is 5.76 Å². The van der Waals surface area contributed by atoms with Crippen LogP contribution in [0.3, 0.4) is 0 Å². The minimum Gasteiger partial charge on any atom is -0.490 e. The highest BCUT2D eigenvalue weighted by atomic mass is 16.5. The zero-order valence-electron chi connectivity index (χ0n) is 12.2. The maximum Gasteiger partial charge on any atom is 0.163 e. The molecule has 0 saturated carbocycles. The van der Waals surface area contributed by atoms with Crippen molar-refractivity contribution in [2.45, 2.75) is 27.3 Å². The van der Waals surface area contributed by atoms with E-state index >= 15 is 0 Å². The van der Waals surface area contributed by atoms with Crippen LogP contribution in [0.25, 0.3) is 0 Å². The molecule has 0 unspecified atom stereocenters. The molecule has 2 aromatic rings. The van der Waals surface area contributed by atoms with E-state index in [4.69, 9.17) is 13.9 Å². The molecule has 4 nitrogen and oxygen atoms in total. The normalized spacial score (nSPS) is 10.3. The van der Waals surface area contributed by atoms with Crippen molar-refractivity contribution in [3.63, 3.8) is 0 Å². The smallest absolute Gasteiger partial charge is 0.163 e. The standard InChI is InChI=1S/C16H21NO3/c1-4-18-14-7-6-13(10-15(14)19-5-2)17-11-16-12(3)8-9-20-16/h6-10,17H,4-5,11H2,1-3H3. The third-order valence-corrected chi connectivity index (χ3v) is 2.96. The number of benzene rings is 1. The summed E-state index contributed by atoms with van der Waals surface area (Å²) < 4.78 is 16.6. The lowest BCUT2D eigenvalue weighted by molar-refractivity contribution is 0.288. The zero-order chi connectivity index (χ0) is 14.4. The molecule has 0 radical (unpaired) electrons. The second kappa shape index (κ2) is 6.89. The van der Waals surface area contributed by atoms with Crippen molar-refractivity contribution in [3.05, 3.63) is 41.9 Å². The summed E-state index contributed by atoms with van der Waals surface area (Å²) >= 11 is 0. The summed E-state index contributed by atoms with van der Waals surface area (Å²) in [7, 11) is 0. The van der Waals surface area contributed by atoms with Gasteiger partial charge in [-0.25, -0.2) is 0 Å². The van der Waals surface area contributed by atoms with E-state index in [2.05, 4.69) is 5.32 Å².